The van der Waals surface area contributed by atoms with Crippen molar-refractivity contribution in [1.29, 1.82) is 0 Å². The minimum atomic E-state index is 0.112. The van der Waals surface area contributed by atoms with Gasteiger partial charge >= 0.3 is 0 Å². The van der Waals surface area contributed by atoms with E-state index in [4.69, 9.17) is 0 Å². The summed E-state index contributed by atoms with van der Waals surface area (Å²) >= 11 is 0. The molecule has 0 radical (unpaired) electrons. The first-order valence-electron chi connectivity index (χ1n) is 8.20. The third-order valence-electron chi connectivity index (χ3n) is 5.18. The van der Waals surface area contributed by atoms with Gasteiger partial charge in [-0.2, -0.15) is 0 Å². The van der Waals surface area contributed by atoms with E-state index in [1.807, 2.05) is 12.1 Å². The number of rotatable bonds is 2. The first-order valence-corrected chi connectivity index (χ1v) is 8.20. The standard InChI is InChI=1S/C21H20O/c22-21-17-12-7-13-18(21)20(16-10-5-2-6-11-16)14-19(17)15-8-3-1-4-9-15/h1-6,8-11,14,17-19H,7,12-13H2/t17-,18+,19-/m0/s1. The van der Waals surface area contributed by atoms with E-state index in [9.17, 15) is 4.79 Å². The second-order valence-electron chi connectivity index (χ2n) is 6.42. The Balaban J connectivity index is 1.84. The average Bonchev–Trinajstić information content (AvgIpc) is 2.57. The second-order valence-corrected chi connectivity index (χ2v) is 6.42. The minimum Gasteiger partial charge on any atom is -0.299 e. The number of hydrogen-bond acceptors (Lipinski definition) is 1. The fourth-order valence-electron chi connectivity index (χ4n) is 4.11. The summed E-state index contributed by atoms with van der Waals surface area (Å²) in [5.41, 5.74) is 3.73. The molecular weight excluding hydrogens is 268 g/mol. The summed E-state index contributed by atoms with van der Waals surface area (Å²) in [7, 11) is 0. The lowest BCUT2D eigenvalue weighted by Gasteiger charge is -2.38. The molecule has 3 atom stereocenters. The quantitative estimate of drug-likeness (QED) is 0.772. The summed E-state index contributed by atoms with van der Waals surface area (Å²) in [6, 6.07) is 20.9. The topological polar surface area (TPSA) is 17.1 Å². The zero-order valence-electron chi connectivity index (χ0n) is 12.6. The van der Waals surface area contributed by atoms with Gasteiger partial charge in [-0.3, -0.25) is 4.79 Å². The maximum Gasteiger partial charge on any atom is 0.144 e. The predicted octanol–water partition coefficient (Wildman–Crippen LogP) is 4.85. The average molecular weight is 288 g/mol. The molecule has 2 aromatic carbocycles. The fourth-order valence-corrected chi connectivity index (χ4v) is 4.11. The number of carbonyl (C=O) groups excluding carboxylic acids is 1. The maximum absolute atomic E-state index is 12.9. The predicted molar refractivity (Wildman–Crippen MR) is 89.4 cm³/mol. The Kier molecular flexibility index (Phi) is 3.42. The Morgan fingerprint density at radius 1 is 0.818 bits per heavy atom. The molecule has 0 amide bonds. The Hall–Kier alpha value is -2.15. The summed E-state index contributed by atoms with van der Waals surface area (Å²) in [6.07, 6.45) is 5.58. The molecule has 1 nitrogen and oxygen atoms in total. The van der Waals surface area contributed by atoms with E-state index in [1.54, 1.807) is 0 Å². The Bertz CT molecular complexity index is 699. The van der Waals surface area contributed by atoms with Crippen molar-refractivity contribution in [2.45, 2.75) is 25.2 Å². The maximum atomic E-state index is 12.9. The van der Waals surface area contributed by atoms with Gasteiger partial charge in [0.2, 0.25) is 0 Å². The molecule has 0 aliphatic heterocycles. The van der Waals surface area contributed by atoms with Crippen LogP contribution in [-0.4, -0.2) is 5.78 Å². The molecule has 0 heterocycles. The first-order chi connectivity index (χ1) is 10.8. The van der Waals surface area contributed by atoms with Crippen LogP contribution in [0, 0.1) is 11.8 Å². The van der Waals surface area contributed by atoms with Gasteiger partial charge in [0.15, 0.2) is 0 Å². The lowest BCUT2D eigenvalue weighted by atomic mass is 9.64. The third kappa shape index (κ3) is 2.21. The lowest BCUT2D eigenvalue weighted by molar-refractivity contribution is -0.128. The van der Waals surface area contributed by atoms with Crippen LogP contribution in [0.1, 0.15) is 36.3 Å². The van der Waals surface area contributed by atoms with Crippen LogP contribution in [0.3, 0.4) is 0 Å². The highest BCUT2D eigenvalue weighted by atomic mass is 16.1. The molecule has 1 fully saturated rings. The molecule has 0 spiro atoms. The number of allylic oxidation sites excluding steroid dienone is 2. The summed E-state index contributed by atoms with van der Waals surface area (Å²) < 4.78 is 0. The van der Waals surface area contributed by atoms with Crippen molar-refractivity contribution < 1.29 is 4.79 Å². The summed E-state index contributed by atoms with van der Waals surface area (Å²) in [5.74, 6) is 0.983. The van der Waals surface area contributed by atoms with Gasteiger partial charge in [0.05, 0.1) is 0 Å². The van der Waals surface area contributed by atoms with Crippen LogP contribution in [0.5, 0.6) is 0 Å². The molecule has 22 heavy (non-hydrogen) atoms. The van der Waals surface area contributed by atoms with Gasteiger partial charge in [-0.25, -0.2) is 0 Å². The Morgan fingerprint density at radius 3 is 2.23 bits per heavy atom. The van der Waals surface area contributed by atoms with E-state index in [1.165, 1.54) is 16.7 Å². The number of fused-ring (bicyclic) bond motifs is 2. The molecule has 0 unspecified atom stereocenters. The molecule has 0 aromatic heterocycles. The van der Waals surface area contributed by atoms with Crippen LogP contribution >= 0.6 is 0 Å². The number of benzene rings is 2. The van der Waals surface area contributed by atoms with Crippen molar-refractivity contribution >= 4 is 11.4 Å². The third-order valence-corrected chi connectivity index (χ3v) is 5.18. The van der Waals surface area contributed by atoms with E-state index in [2.05, 4.69) is 54.6 Å². The lowest BCUT2D eigenvalue weighted by Crippen LogP contribution is -2.36. The van der Waals surface area contributed by atoms with E-state index in [0.717, 1.165) is 19.3 Å². The van der Waals surface area contributed by atoms with Gasteiger partial charge in [-0.05, 0) is 29.5 Å². The van der Waals surface area contributed by atoms with Crippen molar-refractivity contribution in [3.63, 3.8) is 0 Å². The Morgan fingerprint density at radius 2 is 1.50 bits per heavy atom. The molecule has 2 aliphatic carbocycles. The largest absolute Gasteiger partial charge is 0.299 e. The van der Waals surface area contributed by atoms with Crippen LogP contribution in [0.25, 0.3) is 5.57 Å². The molecule has 2 aromatic rings. The highest BCUT2D eigenvalue weighted by Crippen LogP contribution is 2.47. The van der Waals surface area contributed by atoms with E-state index < -0.39 is 0 Å². The van der Waals surface area contributed by atoms with Crippen LogP contribution in [0.15, 0.2) is 66.7 Å². The number of hydrogen-bond donors (Lipinski definition) is 0. The van der Waals surface area contributed by atoms with Gasteiger partial charge in [-0.15, -0.1) is 0 Å². The normalized spacial score (nSPS) is 27.4. The van der Waals surface area contributed by atoms with E-state index >= 15 is 0 Å². The van der Waals surface area contributed by atoms with Crippen molar-refractivity contribution in [1.82, 2.24) is 0 Å². The van der Waals surface area contributed by atoms with Gasteiger partial charge in [0.25, 0.3) is 0 Å². The van der Waals surface area contributed by atoms with Crippen LogP contribution in [0.4, 0.5) is 0 Å². The summed E-state index contributed by atoms with van der Waals surface area (Å²) in [4.78, 5) is 12.9. The molecule has 4 rings (SSSR count). The number of Topliss-reactive ketones (excluding diaryl/α,β-unsaturated/α-hetero) is 1. The second kappa shape index (κ2) is 5.57. The van der Waals surface area contributed by atoms with Crippen LogP contribution < -0.4 is 0 Å². The monoisotopic (exact) mass is 288 g/mol. The van der Waals surface area contributed by atoms with Crippen molar-refractivity contribution in [2.75, 3.05) is 0 Å². The van der Waals surface area contributed by atoms with E-state index in [-0.39, 0.29) is 17.8 Å². The molecule has 110 valence electrons. The summed E-state index contributed by atoms with van der Waals surface area (Å²) in [5, 5.41) is 0. The molecule has 1 heteroatoms. The first kappa shape index (κ1) is 13.5. The zero-order valence-corrected chi connectivity index (χ0v) is 12.6. The molecule has 2 bridgehead atoms. The van der Waals surface area contributed by atoms with Crippen LogP contribution in [0.2, 0.25) is 0 Å². The van der Waals surface area contributed by atoms with E-state index in [0.29, 0.717) is 5.78 Å². The molecule has 0 saturated heterocycles. The van der Waals surface area contributed by atoms with Gasteiger partial charge in [0, 0.05) is 17.8 Å². The fraction of sp³-hybridized carbons (Fsp3) is 0.286. The zero-order chi connectivity index (χ0) is 14.9. The smallest absolute Gasteiger partial charge is 0.144 e. The SMILES string of the molecule is O=C1[C@@H]2CCC[C@H]1[C@H](c1ccccc1)C=C2c1ccccc1. The van der Waals surface area contributed by atoms with Gasteiger partial charge in [0.1, 0.15) is 5.78 Å². The molecular formula is C21H20O. The van der Waals surface area contributed by atoms with Crippen LogP contribution in [-0.2, 0) is 4.79 Å². The highest BCUT2D eigenvalue weighted by molar-refractivity contribution is 5.98. The number of ketones is 1. The molecule has 1 saturated carbocycles. The van der Waals surface area contributed by atoms with Gasteiger partial charge < -0.3 is 0 Å². The van der Waals surface area contributed by atoms with Gasteiger partial charge in [-0.1, -0.05) is 73.2 Å². The molecule has 2 aliphatic rings. The number of carbonyl (C=O) groups is 1. The molecule has 0 N–H and O–H groups in total. The van der Waals surface area contributed by atoms with Crippen molar-refractivity contribution in [3.8, 4) is 0 Å². The van der Waals surface area contributed by atoms with Crippen molar-refractivity contribution in [2.24, 2.45) is 11.8 Å². The minimum absolute atomic E-state index is 0.112. The van der Waals surface area contributed by atoms with Crippen molar-refractivity contribution in [3.05, 3.63) is 77.9 Å². The highest BCUT2D eigenvalue weighted by Gasteiger charge is 2.41. The Labute approximate surface area is 131 Å². The summed E-state index contributed by atoms with van der Waals surface area (Å²) in [6.45, 7) is 0.